The van der Waals surface area contributed by atoms with Crippen LogP contribution in [0.2, 0.25) is 0 Å². The summed E-state index contributed by atoms with van der Waals surface area (Å²) in [6.07, 6.45) is 0. The molecule has 4 aromatic carbocycles. The molecular weight excluding hydrogens is 543 g/mol. The van der Waals surface area contributed by atoms with Gasteiger partial charge in [0.25, 0.3) is 0 Å². The second-order valence-electron chi connectivity index (χ2n) is 15.7. The molecule has 0 spiro atoms. The molecule has 0 heterocycles. The van der Waals surface area contributed by atoms with Crippen molar-refractivity contribution in [3.8, 4) is 22.6 Å². The van der Waals surface area contributed by atoms with Gasteiger partial charge in [-0.15, -0.1) is 0 Å². The molecule has 0 bridgehead atoms. The Morgan fingerprint density at radius 3 is 1.12 bits per heavy atom. The molecule has 0 aromatic heterocycles. The van der Waals surface area contributed by atoms with Gasteiger partial charge in [0.1, 0.15) is 11.5 Å². The van der Waals surface area contributed by atoms with Crippen molar-refractivity contribution >= 4 is 13.7 Å². The van der Waals surface area contributed by atoms with E-state index in [4.69, 9.17) is 9.05 Å². The normalized spacial score (nSPS) is 12.9. The molecule has 0 aliphatic carbocycles. The molecule has 43 heavy (non-hydrogen) atoms. The second-order valence-corrected chi connectivity index (χ2v) is 17.0. The zero-order valence-electron chi connectivity index (χ0n) is 28.4. The third kappa shape index (κ3) is 7.53. The zero-order valence-corrected chi connectivity index (χ0v) is 29.3. The lowest BCUT2D eigenvalue weighted by atomic mass is 9.79. The number of benzene rings is 4. The predicted octanol–water partition coefficient (Wildman–Crippen LogP) is 11.6. The summed E-state index contributed by atoms with van der Waals surface area (Å²) in [5, 5.41) is 1.07. The standard InChI is InChI=1S/C40H51O2P/c1-37(2,3)30-23-18-24-31(38(4,5)6)35(30)41-43(34-27-17-16-22-29(34)28-20-14-13-15-21-28)42-36-32(39(7,8)9)25-19-26-33(36)40(10,11)12/h13-27H,1-12H3. The first-order valence-corrected chi connectivity index (χ1v) is 16.7. The highest BCUT2D eigenvalue weighted by Crippen LogP contribution is 2.51. The van der Waals surface area contributed by atoms with Crippen molar-refractivity contribution in [2.45, 2.75) is 105 Å². The molecule has 0 saturated carbocycles. The van der Waals surface area contributed by atoms with E-state index in [1.807, 2.05) is 0 Å². The molecular formula is C40H51O2P. The van der Waals surface area contributed by atoms with Gasteiger partial charge in [0.05, 0.1) is 5.30 Å². The fourth-order valence-electron chi connectivity index (χ4n) is 5.41. The summed E-state index contributed by atoms with van der Waals surface area (Å²) in [4.78, 5) is 0. The van der Waals surface area contributed by atoms with Gasteiger partial charge in [-0.1, -0.05) is 168 Å². The Morgan fingerprint density at radius 1 is 0.395 bits per heavy atom. The van der Waals surface area contributed by atoms with Gasteiger partial charge in [0.2, 0.25) is 0 Å². The van der Waals surface area contributed by atoms with Crippen LogP contribution in [0.5, 0.6) is 11.5 Å². The van der Waals surface area contributed by atoms with Crippen LogP contribution in [0.3, 0.4) is 0 Å². The Morgan fingerprint density at radius 2 is 0.744 bits per heavy atom. The minimum Gasteiger partial charge on any atom is -0.435 e. The smallest absolute Gasteiger partial charge is 0.326 e. The van der Waals surface area contributed by atoms with Crippen molar-refractivity contribution < 1.29 is 9.05 Å². The van der Waals surface area contributed by atoms with Crippen LogP contribution < -0.4 is 14.4 Å². The largest absolute Gasteiger partial charge is 0.435 e. The van der Waals surface area contributed by atoms with Crippen molar-refractivity contribution in [3.05, 3.63) is 113 Å². The average Bonchev–Trinajstić information content (AvgIpc) is 2.91. The van der Waals surface area contributed by atoms with E-state index < -0.39 is 8.38 Å². The zero-order chi connectivity index (χ0) is 31.8. The minimum atomic E-state index is -1.61. The van der Waals surface area contributed by atoms with E-state index in [9.17, 15) is 0 Å². The van der Waals surface area contributed by atoms with E-state index in [0.29, 0.717) is 0 Å². The lowest BCUT2D eigenvalue weighted by Gasteiger charge is -2.34. The molecule has 0 atom stereocenters. The fraction of sp³-hybridized carbons (Fsp3) is 0.400. The molecule has 0 saturated heterocycles. The molecule has 3 heteroatoms. The Kier molecular flexibility index (Phi) is 9.25. The Bertz CT molecular complexity index is 1400. The van der Waals surface area contributed by atoms with Crippen molar-refractivity contribution in [1.82, 2.24) is 0 Å². The quantitative estimate of drug-likeness (QED) is 0.207. The maximum atomic E-state index is 7.36. The summed E-state index contributed by atoms with van der Waals surface area (Å²) in [6.45, 7) is 27.1. The van der Waals surface area contributed by atoms with Crippen LogP contribution in [0.4, 0.5) is 0 Å². The van der Waals surface area contributed by atoms with Crippen LogP contribution >= 0.6 is 8.38 Å². The first kappa shape index (κ1) is 32.8. The fourth-order valence-corrected chi connectivity index (χ4v) is 6.98. The van der Waals surface area contributed by atoms with Crippen molar-refractivity contribution in [2.75, 3.05) is 0 Å². The molecule has 4 aromatic rings. The lowest BCUT2D eigenvalue weighted by Crippen LogP contribution is -2.23. The number of hydrogen-bond donors (Lipinski definition) is 0. The molecule has 0 amide bonds. The second kappa shape index (κ2) is 12.1. The Labute approximate surface area is 262 Å². The highest BCUT2D eigenvalue weighted by atomic mass is 31.2. The molecule has 2 nitrogen and oxygen atoms in total. The van der Waals surface area contributed by atoms with E-state index in [1.165, 1.54) is 22.3 Å². The molecule has 0 fully saturated rings. The highest BCUT2D eigenvalue weighted by molar-refractivity contribution is 7.57. The van der Waals surface area contributed by atoms with Crippen LogP contribution in [0, 0.1) is 0 Å². The number of para-hydroxylation sites is 2. The summed E-state index contributed by atoms with van der Waals surface area (Å²) in [5.41, 5.74) is 6.58. The van der Waals surface area contributed by atoms with Crippen LogP contribution in [0.25, 0.3) is 11.1 Å². The van der Waals surface area contributed by atoms with Gasteiger partial charge in [0.15, 0.2) is 0 Å². The van der Waals surface area contributed by atoms with Crippen LogP contribution in [0.15, 0.2) is 91.0 Å². The maximum absolute atomic E-state index is 7.36. The molecule has 0 radical (unpaired) electrons. The Balaban J connectivity index is 2.04. The van der Waals surface area contributed by atoms with E-state index in [0.717, 1.165) is 27.9 Å². The van der Waals surface area contributed by atoms with Crippen molar-refractivity contribution in [1.29, 1.82) is 0 Å². The van der Waals surface area contributed by atoms with Gasteiger partial charge < -0.3 is 9.05 Å². The molecule has 0 N–H and O–H groups in total. The first-order valence-electron chi connectivity index (χ1n) is 15.5. The van der Waals surface area contributed by atoms with Gasteiger partial charge in [-0.25, -0.2) is 0 Å². The highest BCUT2D eigenvalue weighted by Gasteiger charge is 2.34. The average molecular weight is 595 g/mol. The third-order valence-electron chi connectivity index (χ3n) is 7.80. The maximum Gasteiger partial charge on any atom is 0.326 e. The van der Waals surface area contributed by atoms with Gasteiger partial charge >= 0.3 is 8.38 Å². The number of rotatable bonds is 6. The van der Waals surface area contributed by atoms with Crippen molar-refractivity contribution in [2.24, 2.45) is 0 Å². The van der Waals surface area contributed by atoms with Gasteiger partial charge in [0, 0.05) is 22.3 Å². The molecule has 4 rings (SSSR count). The third-order valence-corrected chi connectivity index (χ3v) is 9.28. The minimum absolute atomic E-state index is 0.115. The van der Waals surface area contributed by atoms with Crippen LogP contribution in [-0.2, 0) is 21.7 Å². The van der Waals surface area contributed by atoms with E-state index in [1.54, 1.807) is 0 Å². The lowest BCUT2D eigenvalue weighted by molar-refractivity contribution is 0.444. The van der Waals surface area contributed by atoms with Crippen molar-refractivity contribution in [3.63, 3.8) is 0 Å². The van der Waals surface area contributed by atoms with E-state index in [2.05, 4.69) is 174 Å². The molecule has 0 aliphatic rings. The van der Waals surface area contributed by atoms with Crippen LogP contribution in [0.1, 0.15) is 105 Å². The van der Waals surface area contributed by atoms with Crippen LogP contribution in [-0.4, -0.2) is 0 Å². The molecule has 228 valence electrons. The summed E-state index contributed by atoms with van der Waals surface area (Å²) >= 11 is 0. The molecule has 0 unspecified atom stereocenters. The Hall–Kier alpha value is -3.09. The monoisotopic (exact) mass is 594 g/mol. The topological polar surface area (TPSA) is 18.5 Å². The molecule has 0 aliphatic heterocycles. The number of hydrogen-bond acceptors (Lipinski definition) is 2. The predicted molar refractivity (Wildman–Crippen MR) is 187 cm³/mol. The summed E-state index contributed by atoms with van der Waals surface area (Å²) in [5.74, 6) is 1.86. The van der Waals surface area contributed by atoms with E-state index >= 15 is 0 Å². The first-order chi connectivity index (χ1) is 19.9. The summed E-state index contributed by atoms with van der Waals surface area (Å²) < 4.78 is 14.7. The van der Waals surface area contributed by atoms with Gasteiger partial charge in [-0.05, 0) is 38.9 Å². The van der Waals surface area contributed by atoms with E-state index in [-0.39, 0.29) is 21.7 Å². The summed E-state index contributed by atoms with van der Waals surface area (Å²) in [7, 11) is -1.61. The van der Waals surface area contributed by atoms with Gasteiger partial charge in [-0.3, -0.25) is 0 Å². The summed E-state index contributed by atoms with van der Waals surface area (Å²) in [6, 6.07) is 32.3. The SMILES string of the molecule is CC(C)(C)c1cccc(C(C)(C)C)c1OP(Oc1c(C(C)(C)C)cccc1C(C)(C)C)c1ccccc1-c1ccccc1. The van der Waals surface area contributed by atoms with Gasteiger partial charge in [-0.2, -0.15) is 0 Å².